The number of carboxylic acids is 1. The maximum atomic E-state index is 11.3. The van der Waals surface area contributed by atoms with E-state index in [0.29, 0.717) is 61.3 Å². The summed E-state index contributed by atoms with van der Waals surface area (Å²) >= 11 is 0. The molecular formula is C50H49N11O7. The van der Waals surface area contributed by atoms with Crippen molar-refractivity contribution in [2.75, 3.05) is 73.0 Å². The second-order valence-electron chi connectivity index (χ2n) is 14.9. The lowest BCUT2D eigenvalue weighted by molar-refractivity contribution is 0.0689. The van der Waals surface area contributed by atoms with Gasteiger partial charge in [0.1, 0.15) is 28.7 Å². The molecule has 346 valence electrons. The van der Waals surface area contributed by atoms with Gasteiger partial charge in [0.2, 0.25) is 11.9 Å². The predicted octanol–water partition coefficient (Wildman–Crippen LogP) is 8.62. The Bertz CT molecular complexity index is 2820. The number of amides is 1. The summed E-state index contributed by atoms with van der Waals surface area (Å²) in [6.45, 7) is 10.2. The molecule has 18 heteroatoms. The van der Waals surface area contributed by atoms with Gasteiger partial charge in [-0.1, -0.05) is 38.1 Å². The molecule has 68 heavy (non-hydrogen) atoms. The quantitative estimate of drug-likeness (QED) is 0.0900. The number of nitrogens with one attached hydrogen (secondary N) is 2. The highest BCUT2D eigenvalue weighted by atomic mass is 16.5. The Morgan fingerprint density at radius 2 is 1.00 bits per heavy atom. The third kappa shape index (κ3) is 11.7. The first-order valence-electron chi connectivity index (χ1n) is 22.0. The van der Waals surface area contributed by atoms with Crippen molar-refractivity contribution < 1.29 is 33.6 Å². The second-order valence-corrected chi connectivity index (χ2v) is 14.9. The summed E-state index contributed by atoms with van der Waals surface area (Å²) in [4.78, 5) is 53.0. The summed E-state index contributed by atoms with van der Waals surface area (Å²) in [5.74, 6) is 1.29. The summed E-state index contributed by atoms with van der Waals surface area (Å²) in [5.41, 5.74) is 10.9. The average Bonchev–Trinajstić information content (AvgIpc) is 3.38. The molecule has 0 atom stereocenters. The second kappa shape index (κ2) is 22.1. The zero-order valence-corrected chi connectivity index (χ0v) is 37.4. The Morgan fingerprint density at radius 1 is 0.574 bits per heavy atom. The van der Waals surface area contributed by atoms with Gasteiger partial charge in [0.25, 0.3) is 5.91 Å². The number of fused-ring (bicyclic) bond motifs is 2. The number of nitrogens with two attached hydrogens (primary N) is 1. The molecule has 2 saturated heterocycles. The maximum Gasteiger partial charge on any atom is 0.354 e. The van der Waals surface area contributed by atoms with Crippen molar-refractivity contribution in [1.82, 2.24) is 29.9 Å². The van der Waals surface area contributed by atoms with Crippen molar-refractivity contribution in [1.29, 1.82) is 0 Å². The van der Waals surface area contributed by atoms with Crippen LogP contribution in [0, 0.1) is 0 Å². The first-order chi connectivity index (χ1) is 33.3. The molecule has 0 bridgehead atoms. The van der Waals surface area contributed by atoms with Crippen LogP contribution < -0.4 is 35.6 Å². The van der Waals surface area contributed by atoms with Gasteiger partial charge in [-0.05, 0) is 72.8 Å². The van der Waals surface area contributed by atoms with E-state index in [9.17, 15) is 9.59 Å². The number of nitrogens with zero attached hydrogens (tertiary/aromatic N) is 8. The molecule has 8 aromatic rings. The standard InChI is InChI=1S/C24H22N6O3.C24H21N5O4.C2H6/c25-23(31)21-14-18(7-8-26-21)33-17-5-6-19-16(13-17)15-27-24(28-19)29-20-3-1-2-4-22(20)30-9-11-32-12-10-30;30-23(31)21-14-18(7-8-25-21)33-17-5-6-19-16(13-17)15-26-24(27-19)28-20-3-1-2-4-22(20)29-9-11-32-12-10-29;1-2/h1-8,13-15H,9-12H2,(H2,25,31)(H,27,28,29);1-8,13-15H,9-12H2,(H,30,31)(H,26,27,28);1-2H3. The van der Waals surface area contributed by atoms with Crippen LogP contribution in [-0.4, -0.2) is 99.5 Å². The molecule has 0 aliphatic carbocycles. The molecule has 0 radical (unpaired) electrons. The number of aromatic carboxylic acids is 1. The molecule has 2 fully saturated rings. The Balaban J connectivity index is 0.000000177. The number of rotatable bonds is 12. The van der Waals surface area contributed by atoms with Gasteiger partial charge >= 0.3 is 5.97 Å². The van der Waals surface area contributed by atoms with Gasteiger partial charge in [-0.3, -0.25) is 9.78 Å². The van der Waals surface area contributed by atoms with Gasteiger partial charge < -0.3 is 50.2 Å². The Hall–Kier alpha value is -8.48. The van der Waals surface area contributed by atoms with Crippen molar-refractivity contribution in [3.63, 3.8) is 0 Å². The van der Waals surface area contributed by atoms with Crippen molar-refractivity contribution in [2.45, 2.75) is 13.8 Å². The maximum absolute atomic E-state index is 11.3. The molecule has 0 unspecified atom stereocenters. The monoisotopic (exact) mass is 915 g/mol. The van der Waals surface area contributed by atoms with E-state index in [1.807, 2.05) is 80.6 Å². The number of ether oxygens (including phenoxy) is 4. The van der Waals surface area contributed by atoms with Crippen LogP contribution in [0.2, 0.25) is 0 Å². The first kappa shape index (κ1) is 46.1. The summed E-state index contributed by atoms with van der Waals surface area (Å²) < 4.78 is 22.6. The number of para-hydroxylation sites is 4. The molecule has 0 spiro atoms. The number of primary amides is 1. The highest BCUT2D eigenvalue weighted by Gasteiger charge is 2.17. The van der Waals surface area contributed by atoms with Crippen LogP contribution in [0.4, 0.5) is 34.6 Å². The number of hydrogen-bond donors (Lipinski definition) is 4. The fourth-order valence-electron chi connectivity index (χ4n) is 7.30. The van der Waals surface area contributed by atoms with E-state index in [2.05, 4.69) is 62.5 Å². The van der Waals surface area contributed by atoms with E-state index in [0.717, 1.165) is 70.7 Å². The molecule has 1 amide bonds. The van der Waals surface area contributed by atoms with Gasteiger partial charge in [0.05, 0.1) is 60.2 Å². The highest BCUT2D eigenvalue weighted by Crippen LogP contribution is 2.32. The SMILES string of the molecule is CC.NC(=O)c1cc(Oc2ccc3nc(Nc4ccccc4N4CCOCC4)ncc3c2)ccn1.O=C(O)c1cc(Oc2ccc3nc(Nc4ccccc4N4CCOCC4)ncc3c2)ccn1. The van der Waals surface area contributed by atoms with Crippen LogP contribution in [0.1, 0.15) is 34.8 Å². The zero-order chi connectivity index (χ0) is 47.2. The Kier molecular flexibility index (Phi) is 15.0. The molecule has 5 N–H and O–H groups in total. The summed E-state index contributed by atoms with van der Waals surface area (Å²) in [6, 6.07) is 33.3. The van der Waals surface area contributed by atoms with E-state index in [1.165, 1.54) is 24.5 Å². The smallest absolute Gasteiger partial charge is 0.354 e. The number of morpholine rings is 2. The van der Waals surface area contributed by atoms with Gasteiger partial charge in [0, 0.05) is 73.9 Å². The molecule has 0 saturated carbocycles. The van der Waals surface area contributed by atoms with Crippen molar-refractivity contribution in [3.8, 4) is 23.0 Å². The summed E-state index contributed by atoms with van der Waals surface area (Å²) in [5, 5.41) is 17.4. The minimum atomic E-state index is -1.11. The lowest BCUT2D eigenvalue weighted by Gasteiger charge is -2.30. The van der Waals surface area contributed by atoms with Crippen molar-refractivity contribution >= 4 is 68.3 Å². The fraction of sp³-hybridized carbons (Fsp3) is 0.200. The van der Waals surface area contributed by atoms with E-state index < -0.39 is 11.9 Å². The predicted molar refractivity (Wildman–Crippen MR) is 260 cm³/mol. The zero-order valence-electron chi connectivity index (χ0n) is 37.4. The Labute approximate surface area is 391 Å². The van der Waals surface area contributed by atoms with Crippen LogP contribution in [0.3, 0.4) is 0 Å². The molecule has 4 aromatic heterocycles. The number of aromatic nitrogens is 6. The minimum absolute atomic E-state index is 0.0790. The fourth-order valence-corrected chi connectivity index (χ4v) is 7.30. The highest BCUT2D eigenvalue weighted by molar-refractivity contribution is 5.91. The van der Waals surface area contributed by atoms with Crippen LogP contribution in [-0.2, 0) is 9.47 Å². The van der Waals surface area contributed by atoms with Crippen LogP contribution in [0.15, 0.2) is 134 Å². The Morgan fingerprint density at radius 3 is 1.46 bits per heavy atom. The first-order valence-corrected chi connectivity index (χ1v) is 22.0. The van der Waals surface area contributed by atoms with Gasteiger partial charge in [-0.2, -0.15) is 0 Å². The van der Waals surface area contributed by atoms with Gasteiger partial charge in [-0.25, -0.2) is 29.7 Å². The molecule has 2 aliphatic rings. The van der Waals surface area contributed by atoms with Crippen LogP contribution in [0.25, 0.3) is 21.8 Å². The van der Waals surface area contributed by atoms with Crippen molar-refractivity contribution in [3.05, 3.63) is 145 Å². The van der Waals surface area contributed by atoms with Gasteiger partial charge in [-0.15, -0.1) is 0 Å². The summed E-state index contributed by atoms with van der Waals surface area (Å²) in [7, 11) is 0. The number of hydrogen-bond acceptors (Lipinski definition) is 16. The number of benzene rings is 4. The molecular weight excluding hydrogens is 867 g/mol. The van der Waals surface area contributed by atoms with E-state index in [-0.39, 0.29) is 11.4 Å². The normalized spacial score (nSPS) is 13.3. The number of pyridine rings is 2. The number of carbonyl (C=O) groups excluding carboxylic acids is 1. The van der Waals surface area contributed by atoms with Crippen LogP contribution >= 0.6 is 0 Å². The van der Waals surface area contributed by atoms with E-state index in [1.54, 1.807) is 30.6 Å². The lowest BCUT2D eigenvalue weighted by atomic mass is 10.2. The van der Waals surface area contributed by atoms with E-state index >= 15 is 0 Å². The molecule has 4 aromatic carbocycles. The van der Waals surface area contributed by atoms with Crippen LogP contribution in [0.5, 0.6) is 23.0 Å². The molecule has 2 aliphatic heterocycles. The molecule has 18 nitrogen and oxygen atoms in total. The molecule has 6 heterocycles. The molecule has 10 rings (SSSR count). The number of carbonyl (C=O) groups is 2. The number of carboxylic acid groups (broad SMARTS) is 1. The summed E-state index contributed by atoms with van der Waals surface area (Å²) in [6.07, 6.45) is 6.35. The third-order valence-corrected chi connectivity index (χ3v) is 10.5. The largest absolute Gasteiger partial charge is 0.477 e. The number of anilines is 6. The lowest BCUT2D eigenvalue weighted by Crippen LogP contribution is -2.36. The average molecular weight is 916 g/mol. The third-order valence-electron chi connectivity index (χ3n) is 10.5. The minimum Gasteiger partial charge on any atom is -0.477 e. The van der Waals surface area contributed by atoms with Gasteiger partial charge in [0.15, 0.2) is 5.69 Å². The topological polar surface area (TPSA) is 225 Å². The van der Waals surface area contributed by atoms with Crippen molar-refractivity contribution in [2.24, 2.45) is 5.73 Å². The van der Waals surface area contributed by atoms with E-state index in [4.69, 9.17) is 29.8 Å².